The fraction of sp³-hybridized carbons (Fsp3) is 0.478. The van der Waals surface area contributed by atoms with Crippen LogP contribution in [0.5, 0.6) is 0 Å². The number of piperidine rings is 1. The average molecular weight is 448 g/mol. The van der Waals surface area contributed by atoms with Gasteiger partial charge >= 0.3 is 0 Å². The molecule has 0 radical (unpaired) electrons. The molecule has 1 atom stereocenters. The third-order valence-electron chi connectivity index (χ3n) is 6.24. The second-order valence-corrected chi connectivity index (χ2v) is 9.19. The summed E-state index contributed by atoms with van der Waals surface area (Å²) in [5.74, 6) is -2.17. The van der Waals surface area contributed by atoms with Crippen LogP contribution in [0.1, 0.15) is 47.0 Å². The van der Waals surface area contributed by atoms with Crippen LogP contribution in [0.4, 0.5) is 8.78 Å². The normalized spacial score (nSPS) is 18.8. The van der Waals surface area contributed by atoms with E-state index < -0.39 is 17.5 Å². The molecule has 8 heteroatoms. The maximum Gasteiger partial charge on any atom is 0.256 e. The average Bonchev–Trinajstić information content (AvgIpc) is 3.48. The van der Waals surface area contributed by atoms with Crippen LogP contribution in [0.2, 0.25) is 0 Å². The first-order valence-electron chi connectivity index (χ1n) is 10.8. The van der Waals surface area contributed by atoms with Crippen molar-refractivity contribution in [2.45, 2.75) is 31.7 Å². The van der Waals surface area contributed by atoms with E-state index >= 15 is 0 Å². The minimum Gasteiger partial charge on any atom is -0.354 e. The van der Waals surface area contributed by atoms with Gasteiger partial charge < -0.3 is 10.2 Å². The van der Waals surface area contributed by atoms with E-state index in [1.165, 1.54) is 23.8 Å². The van der Waals surface area contributed by atoms with E-state index in [0.29, 0.717) is 32.5 Å². The molecule has 0 saturated carbocycles. The Morgan fingerprint density at radius 2 is 1.84 bits per heavy atom. The number of rotatable bonds is 6. The van der Waals surface area contributed by atoms with Gasteiger partial charge in [0.2, 0.25) is 5.91 Å². The lowest BCUT2D eigenvalue weighted by Crippen LogP contribution is -2.44. The first kappa shape index (κ1) is 21.9. The molecule has 2 amide bonds. The molecule has 0 aliphatic carbocycles. The number of halogens is 2. The number of thiophene rings is 1. The summed E-state index contributed by atoms with van der Waals surface area (Å²) in [5, 5.41) is 5.20. The molecule has 4 rings (SSSR count). The topological polar surface area (TPSA) is 52.7 Å². The van der Waals surface area contributed by atoms with Gasteiger partial charge in [0.15, 0.2) is 0 Å². The molecule has 2 aliphatic rings. The number of carbonyl (C=O) groups excluding carboxylic acids is 2. The third kappa shape index (κ3) is 5.13. The summed E-state index contributed by atoms with van der Waals surface area (Å²) < 4.78 is 27.0. The highest BCUT2D eigenvalue weighted by atomic mass is 32.1. The van der Waals surface area contributed by atoms with Gasteiger partial charge in [0, 0.05) is 36.5 Å². The van der Waals surface area contributed by atoms with E-state index in [4.69, 9.17) is 0 Å². The summed E-state index contributed by atoms with van der Waals surface area (Å²) in [6.07, 6.45) is 3.45. The highest BCUT2D eigenvalue weighted by Gasteiger charge is 2.30. The van der Waals surface area contributed by atoms with Gasteiger partial charge in [0.1, 0.15) is 11.6 Å². The molecule has 1 N–H and O–H groups in total. The lowest BCUT2D eigenvalue weighted by atomic mass is 9.95. The molecule has 3 heterocycles. The number of likely N-dealkylation sites (tertiary alicyclic amines) is 2. The molecule has 0 spiro atoms. The molecule has 166 valence electrons. The van der Waals surface area contributed by atoms with Gasteiger partial charge in [-0.2, -0.15) is 0 Å². The zero-order valence-electron chi connectivity index (χ0n) is 17.4. The van der Waals surface area contributed by atoms with Crippen LogP contribution >= 0.6 is 11.3 Å². The van der Waals surface area contributed by atoms with Crippen molar-refractivity contribution in [1.82, 2.24) is 15.1 Å². The molecule has 5 nitrogen and oxygen atoms in total. The Bertz CT molecular complexity index is 908. The number of amides is 2. The summed E-state index contributed by atoms with van der Waals surface area (Å²) in [7, 11) is 0. The summed E-state index contributed by atoms with van der Waals surface area (Å²) in [5.41, 5.74) is -0.131. The summed E-state index contributed by atoms with van der Waals surface area (Å²) in [6, 6.07) is 7.35. The maximum absolute atomic E-state index is 13.9. The van der Waals surface area contributed by atoms with Gasteiger partial charge in [0.05, 0.1) is 11.6 Å². The maximum atomic E-state index is 13.9. The molecular formula is C23H27F2N3O2S. The molecule has 2 saturated heterocycles. The Labute approximate surface area is 185 Å². The van der Waals surface area contributed by atoms with Crippen molar-refractivity contribution >= 4 is 23.2 Å². The zero-order chi connectivity index (χ0) is 21.8. The Morgan fingerprint density at radius 3 is 2.48 bits per heavy atom. The van der Waals surface area contributed by atoms with E-state index in [1.807, 2.05) is 6.07 Å². The summed E-state index contributed by atoms with van der Waals surface area (Å²) in [6.45, 7) is 3.46. The van der Waals surface area contributed by atoms with E-state index in [2.05, 4.69) is 21.7 Å². The molecule has 0 unspecified atom stereocenters. The SMILES string of the molecule is O=C(NC[C@H](c1cccs1)N1CCCC1)C1CCN(C(=O)c2ccc(F)cc2F)CC1. The highest BCUT2D eigenvalue weighted by Crippen LogP contribution is 2.28. The number of nitrogens with zero attached hydrogens (tertiary/aromatic N) is 2. The molecule has 0 bridgehead atoms. The van der Waals surface area contributed by atoms with Crippen molar-refractivity contribution < 1.29 is 18.4 Å². The van der Waals surface area contributed by atoms with Gasteiger partial charge in [-0.1, -0.05) is 6.07 Å². The lowest BCUT2D eigenvalue weighted by molar-refractivity contribution is -0.126. The Balaban J connectivity index is 1.30. The molecular weight excluding hydrogens is 420 g/mol. The minimum absolute atomic E-state index is 0.0146. The van der Waals surface area contributed by atoms with Crippen molar-refractivity contribution in [3.05, 3.63) is 57.8 Å². The second-order valence-electron chi connectivity index (χ2n) is 8.21. The zero-order valence-corrected chi connectivity index (χ0v) is 18.2. The molecule has 1 aromatic carbocycles. The van der Waals surface area contributed by atoms with Crippen molar-refractivity contribution in [3.8, 4) is 0 Å². The fourth-order valence-electron chi connectivity index (χ4n) is 4.46. The van der Waals surface area contributed by atoms with E-state index in [9.17, 15) is 18.4 Å². The quantitative estimate of drug-likeness (QED) is 0.732. The van der Waals surface area contributed by atoms with Crippen LogP contribution in [0, 0.1) is 17.6 Å². The predicted octanol–water partition coefficient (Wildman–Crippen LogP) is 3.83. The van der Waals surface area contributed by atoms with Crippen LogP contribution in [0.15, 0.2) is 35.7 Å². The van der Waals surface area contributed by atoms with E-state index in [-0.39, 0.29) is 23.4 Å². The van der Waals surface area contributed by atoms with Crippen molar-refractivity contribution in [3.63, 3.8) is 0 Å². The number of hydrogen-bond donors (Lipinski definition) is 1. The first-order valence-corrected chi connectivity index (χ1v) is 11.7. The van der Waals surface area contributed by atoms with Gasteiger partial charge in [0.25, 0.3) is 5.91 Å². The van der Waals surface area contributed by atoms with Gasteiger partial charge in [-0.25, -0.2) is 8.78 Å². The number of nitrogens with one attached hydrogen (secondary N) is 1. The second kappa shape index (κ2) is 9.87. The van der Waals surface area contributed by atoms with Gasteiger partial charge in [-0.05, 0) is 62.4 Å². The fourth-order valence-corrected chi connectivity index (χ4v) is 5.32. The monoisotopic (exact) mass is 447 g/mol. The molecule has 2 fully saturated rings. The van der Waals surface area contributed by atoms with Crippen molar-refractivity contribution in [2.24, 2.45) is 5.92 Å². The van der Waals surface area contributed by atoms with Gasteiger partial charge in [-0.3, -0.25) is 14.5 Å². The van der Waals surface area contributed by atoms with Crippen molar-refractivity contribution in [1.29, 1.82) is 0 Å². The largest absolute Gasteiger partial charge is 0.354 e. The molecule has 2 aliphatic heterocycles. The molecule has 2 aromatic rings. The summed E-state index contributed by atoms with van der Waals surface area (Å²) in [4.78, 5) is 30.6. The highest BCUT2D eigenvalue weighted by molar-refractivity contribution is 7.10. The Kier molecular flexibility index (Phi) is 6.97. The van der Waals surface area contributed by atoms with Gasteiger partial charge in [-0.15, -0.1) is 11.3 Å². The molecule has 1 aromatic heterocycles. The van der Waals surface area contributed by atoms with Crippen LogP contribution in [-0.4, -0.2) is 54.3 Å². The van der Waals surface area contributed by atoms with Crippen LogP contribution < -0.4 is 5.32 Å². The number of hydrogen-bond acceptors (Lipinski definition) is 4. The van der Waals surface area contributed by atoms with E-state index in [0.717, 1.165) is 25.2 Å². The van der Waals surface area contributed by atoms with Crippen LogP contribution in [0.25, 0.3) is 0 Å². The van der Waals surface area contributed by atoms with Crippen LogP contribution in [-0.2, 0) is 4.79 Å². The number of carbonyl (C=O) groups is 2. The first-order chi connectivity index (χ1) is 15.0. The smallest absolute Gasteiger partial charge is 0.256 e. The molecule has 31 heavy (non-hydrogen) atoms. The minimum atomic E-state index is -0.855. The lowest BCUT2D eigenvalue weighted by Gasteiger charge is -2.32. The van der Waals surface area contributed by atoms with Crippen molar-refractivity contribution in [2.75, 3.05) is 32.7 Å². The predicted molar refractivity (Wildman–Crippen MR) is 116 cm³/mol. The number of benzene rings is 1. The Morgan fingerprint density at radius 1 is 1.10 bits per heavy atom. The standard InChI is InChI=1S/C23H27F2N3O2S/c24-17-5-6-18(19(25)14-17)23(30)28-11-7-16(8-12-28)22(29)26-15-20(21-4-3-13-31-21)27-9-1-2-10-27/h3-6,13-14,16,20H,1-2,7-12,15H2,(H,26,29)/t20-/m1/s1. The summed E-state index contributed by atoms with van der Waals surface area (Å²) >= 11 is 1.72. The van der Waals surface area contributed by atoms with E-state index in [1.54, 1.807) is 16.2 Å². The third-order valence-corrected chi connectivity index (χ3v) is 7.21. The Hall–Kier alpha value is -2.32. The van der Waals surface area contributed by atoms with Crippen LogP contribution in [0.3, 0.4) is 0 Å².